The molecule has 3 aliphatic rings. The Hall–Kier alpha value is -3.03. The number of pyridine rings is 1. The maximum atomic E-state index is 13.6. The maximum Gasteiger partial charge on any atom is 0.251 e. The molecule has 6 rings (SSSR count). The highest BCUT2D eigenvalue weighted by Crippen LogP contribution is 2.54. The van der Waals surface area contributed by atoms with E-state index in [4.69, 9.17) is 9.97 Å². The van der Waals surface area contributed by atoms with Gasteiger partial charge >= 0.3 is 0 Å². The Balaban J connectivity index is 1.25. The zero-order chi connectivity index (χ0) is 23.3. The van der Waals surface area contributed by atoms with E-state index in [1.807, 2.05) is 23.1 Å². The van der Waals surface area contributed by atoms with E-state index in [0.717, 1.165) is 18.7 Å². The predicted molar refractivity (Wildman–Crippen MR) is 129 cm³/mol. The number of nitrogens with one attached hydrogen (secondary N) is 1. The van der Waals surface area contributed by atoms with Crippen LogP contribution in [0, 0.1) is 12.3 Å². The topological polar surface area (TPSA) is 60.9 Å². The van der Waals surface area contributed by atoms with Crippen molar-refractivity contribution < 1.29 is 8.78 Å². The second-order valence-corrected chi connectivity index (χ2v) is 10.2. The summed E-state index contributed by atoms with van der Waals surface area (Å²) in [6.07, 6.45) is 5.02. The summed E-state index contributed by atoms with van der Waals surface area (Å²) in [4.78, 5) is 13.9. The molecule has 0 bridgehead atoms. The number of H-pyrrole nitrogens is 1. The first kappa shape index (κ1) is 21.5. The number of halogens is 2. The van der Waals surface area contributed by atoms with E-state index in [2.05, 4.69) is 40.2 Å². The van der Waals surface area contributed by atoms with E-state index >= 15 is 0 Å². The van der Waals surface area contributed by atoms with Gasteiger partial charge in [-0.25, -0.2) is 18.7 Å². The average molecular weight is 465 g/mol. The fourth-order valence-corrected chi connectivity index (χ4v) is 5.28. The number of nitrogens with zero attached hydrogens (tertiary/aromatic N) is 5. The van der Waals surface area contributed by atoms with Gasteiger partial charge in [0.1, 0.15) is 11.5 Å². The SMILES string of the molecule is Cc1ccc(-c2n[nH]c(-c3cccc(N4CCC(F)(F)CC4)n3)n2)c(N2CCC3(CC2)CC3)c1. The molecule has 2 saturated heterocycles. The van der Waals surface area contributed by atoms with Gasteiger partial charge in [-0.05, 0) is 67.9 Å². The molecule has 1 spiro atoms. The summed E-state index contributed by atoms with van der Waals surface area (Å²) in [6.45, 7) is 4.87. The third-order valence-electron chi connectivity index (χ3n) is 7.80. The van der Waals surface area contributed by atoms with E-state index < -0.39 is 5.92 Å². The molecule has 0 radical (unpaired) electrons. The Morgan fingerprint density at radius 1 is 0.853 bits per heavy atom. The van der Waals surface area contributed by atoms with Gasteiger partial charge in [0, 0.05) is 50.3 Å². The minimum atomic E-state index is -2.58. The fraction of sp³-hybridized carbons (Fsp3) is 0.500. The zero-order valence-corrected chi connectivity index (χ0v) is 19.5. The van der Waals surface area contributed by atoms with Crippen LogP contribution in [0.25, 0.3) is 22.9 Å². The Morgan fingerprint density at radius 3 is 2.32 bits per heavy atom. The van der Waals surface area contributed by atoms with Crippen LogP contribution < -0.4 is 9.80 Å². The summed E-state index contributed by atoms with van der Waals surface area (Å²) in [7, 11) is 0. The van der Waals surface area contributed by atoms with Gasteiger partial charge in [0.15, 0.2) is 11.6 Å². The quantitative estimate of drug-likeness (QED) is 0.556. The van der Waals surface area contributed by atoms with Crippen LogP contribution in [-0.4, -0.2) is 52.3 Å². The lowest BCUT2D eigenvalue weighted by Crippen LogP contribution is -2.39. The van der Waals surface area contributed by atoms with Crippen molar-refractivity contribution >= 4 is 11.5 Å². The van der Waals surface area contributed by atoms with Crippen LogP contribution in [0.5, 0.6) is 0 Å². The molecule has 8 heteroatoms. The van der Waals surface area contributed by atoms with Crippen LogP contribution >= 0.6 is 0 Å². The normalized spacial score (nSPS) is 21.1. The molecular formula is C26H30F2N6. The van der Waals surface area contributed by atoms with Crippen molar-refractivity contribution in [3.63, 3.8) is 0 Å². The molecule has 34 heavy (non-hydrogen) atoms. The summed E-state index contributed by atoms with van der Waals surface area (Å²) >= 11 is 0. The number of hydrogen-bond acceptors (Lipinski definition) is 5. The highest BCUT2D eigenvalue weighted by molar-refractivity contribution is 5.76. The average Bonchev–Trinajstić information content (AvgIpc) is 3.40. The molecule has 3 fully saturated rings. The van der Waals surface area contributed by atoms with Gasteiger partial charge < -0.3 is 9.80 Å². The van der Waals surface area contributed by atoms with Crippen LogP contribution in [0.3, 0.4) is 0 Å². The van der Waals surface area contributed by atoms with Gasteiger partial charge in [-0.3, -0.25) is 5.10 Å². The fourth-order valence-electron chi connectivity index (χ4n) is 5.28. The minimum Gasteiger partial charge on any atom is -0.371 e. The van der Waals surface area contributed by atoms with Gasteiger partial charge in [0.05, 0.1) is 0 Å². The summed E-state index contributed by atoms with van der Waals surface area (Å²) < 4.78 is 27.1. The molecule has 0 amide bonds. The number of aromatic nitrogens is 4. The maximum absolute atomic E-state index is 13.6. The van der Waals surface area contributed by atoms with Crippen LogP contribution in [0.15, 0.2) is 36.4 Å². The molecule has 2 aliphatic heterocycles. The molecule has 2 aromatic heterocycles. The standard InChI is InChI=1S/C26H30F2N6/c1-18-5-6-19(21(17-18)33-13-9-25(7-8-25)10-14-33)23-30-24(32-31-23)20-3-2-4-22(29-20)34-15-11-26(27,28)12-16-34/h2-6,17H,7-16H2,1H3,(H,30,31,32). The van der Waals surface area contributed by atoms with E-state index in [0.29, 0.717) is 41.7 Å². The first-order valence-corrected chi connectivity index (χ1v) is 12.3. The van der Waals surface area contributed by atoms with Crippen molar-refractivity contribution in [1.82, 2.24) is 20.2 Å². The number of hydrogen-bond donors (Lipinski definition) is 1. The van der Waals surface area contributed by atoms with E-state index in [1.54, 1.807) is 0 Å². The molecule has 178 valence electrons. The monoisotopic (exact) mass is 464 g/mol. The summed E-state index contributed by atoms with van der Waals surface area (Å²) in [6, 6.07) is 12.1. The third-order valence-corrected chi connectivity index (χ3v) is 7.80. The van der Waals surface area contributed by atoms with Crippen molar-refractivity contribution in [1.29, 1.82) is 0 Å². The lowest BCUT2D eigenvalue weighted by atomic mass is 9.93. The molecule has 4 heterocycles. The number of benzene rings is 1. The summed E-state index contributed by atoms with van der Waals surface area (Å²) in [5.41, 5.74) is 4.73. The largest absolute Gasteiger partial charge is 0.371 e. The number of alkyl halides is 2. The smallest absolute Gasteiger partial charge is 0.251 e. The Labute approximate surface area is 198 Å². The third kappa shape index (κ3) is 4.14. The summed E-state index contributed by atoms with van der Waals surface area (Å²) in [5.74, 6) is -0.639. The molecule has 1 N–H and O–H groups in total. The first-order valence-electron chi connectivity index (χ1n) is 12.3. The van der Waals surface area contributed by atoms with Gasteiger partial charge in [0.2, 0.25) is 0 Å². The van der Waals surface area contributed by atoms with Crippen molar-refractivity contribution in [3.8, 4) is 22.9 Å². The second-order valence-electron chi connectivity index (χ2n) is 10.2. The predicted octanol–water partition coefficient (Wildman–Crippen LogP) is 5.46. The molecule has 6 nitrogen and oxygen atoms in total. The molecule has 1 aromatic carbocycles. The highest BCUT2D eigenvalue weighted by atomic mass is 19.3. The van der Waals surface area contributed by atoms with Crippen molar-refractivity contribution in [2.75, 3.05) is 36.0 Å². The van der Waals surface area contributed by atoms with E-state index in [1.165, 1.54) is 36.9 Å². The van der Waals surface area contributed by atoms with Gasteiger partial charge in [-0.15, -0.1) is 0 Å². The second kappa shape index (κ2) is 8.03. The zero-order valence-electron chi connectivity index (χ0n) is 19.5. The van der Waals surface area contributed by atoms with Crippen LogP contribution in [0.1, 0.15) is 44.1 Å². The van der Waals surface area contributed by atoms with E-state index in [-0.39, 0.29) is 12.8 Å². The van der Waals surface area contributed by atoms with Gasteiger partial charge in [-0.2, -0.15) is 5.10 Å². The molecule has 3 aromatic rings. The molecule has 0 atom stereocenters. The lowest BCUT2D eigenvalue weighted by Gasteiger charge is -2.35. The van der Waals surface area contributed by atoms with Crippen LogP contribution in [0.4, 0.5) is 20.3 Å². The lowest BCUT2D eigenvalue weighted by molar-refractivity contribution is -0.0221. The highest BCUT2D eigenvalue weighted by Gasteiger charge is 2.44. The van der Waals surface area contributed by atoms with E-state index in [9.17, 15) is 8.78 Å². The molecule has 1 saturated carbocycles. The van der Waals surface area contributed by atoms with Crippen molar-refractivity contribution in [2.24, 2.45) is 5.41 Å². The number of aromatic amines is 1. The van der Waals surface area contributed by atoms with Gasteiger partial charge in [-0.1, -0.05) is 12.1 Å². The Kier molecular flexibility index (Phi) is 5.08. The van der Waals surface area contributed by atoms with Crippen LogP contribution in [0.2, 0.25) is 0 Å². The Morgan fingerprint density at radius 2 is 1.59 bits per heavy atom. The molecule has 0 unspecified atom stereocenters. The number of anilines is 2. The first-order chi connectivity index (χ1) is 16.4. The van der Waals surface area contributed by atoms with Crippen LogP contribution in [-0.2, 0) is 0 Å². The number of piperidine rings is 2. The molecular weight excluding hydrogens is 434 g/mol. The number of aryl methyl sites for hydroxylation is 1. The summed E-state index contributed by atoms with van der Waals surface area (Å²) in [5, 5.41) is 7.59. The van der Waals surface area contributed by atoms with Crippen molar-refractivity contribution in [2.45, 2.75) is 51.4 Å². The minimum absolute atomic E-state index is 0.140. The Bertz CT molecular complexity index is 1180. The number of rotatable bonds is 4. The van der Waals surface area contributed by atoms with Crippen molar-refractivity contribution in [3.05, 3.63) is 42.0 Å². The van der Waals surface area contributed by atoms with Gasteiger partial charge in [0.25, 0.3) is 5.92 Å². The molecule has 1 aliphatic carbocycles.